The molecule has 1 heterocycles. The van der Waals surface area contributed by atoms with Crippen LogP contribution in [0.3, 0.4) is 0 Å². The van der Waals surface area contributed by atoms with Crippen LogP contribution < -0.4 is 0 Å². The van der Waals surface area contributed by atoms with Crippen molar-refractivity contribution in [3.05, 3.63) is 9.47 Å². The molecule has 0 saturated carbocycles. The summed E-state index contributed by atoms with van der Waals surface area (Å²) in [4.78, 5) is 0. The third-order valence-corrected chi connectivity index (χ3v) is 2.67. The van der Waals surface area contributed by atoms with Gasteiger partial charge in [-0.05, 0) is 18.0 Å². The van der Waals surface area contributed by atoms with Crippen molar-refractivity contribution in [3.8, 4) is 0 Å². The molecule has 7 heteroatoms. The first-order valence-corrected chi connectivity index (χ1v) is 6.14. The van der Waals surface area contributed by atoms with Crippen molar-refractivity contribution in [2.45, 2.75) is 13.0 Å². The molecule has 5 nitrogen and oxygen atoms in total. The van der Waals surface area contributed by atoms with Crippen molar-refractivity contribution in [2.75, 3.05) is 33.5 Å². The Hall–Kier alpha value is -0.270. The lowest BCUT2D eigenvalue weighted by Crippen LogP contribution is -2.06. The van der Waals surface area contributed by atoms with E-state index in [2.05, 4.69) is 10.2 Å². The molecule has 0 amide bonds. The number of halogens is 1. The summed E-state index contributed by atoms with van der Waals surface area (Å²) in [6.07, 6.45) is 0.905. The van der Waals surface area contributed by atoms with Gasteiger partial charge >= 0.3 is 0 Å². The number of ether oxygens (including phenoxy) is 3. The Bertz CT molecular complexity index is 285. The van der Waals surface area contributed by atoms with E-state index in [1.54, 1.807) is 7.11 Å². The van der Waals surface area contributed by atoms with Crippen LogP contribution in [0.1, 0.15) is 11.4 Å². The smallest absolute Gasteiger partial charge is 0.207 e. The summed E-state index contributed by atoms with van der Waals surface area (Å²) in [5.41, 5.74) is 0. The van der Waals surface area contributed by atoms with E-state index in [0.29, 0.717) is 30.9 Å². The summed E-state index contributed by atoms with van der Waals surface area (Å²) >= 11 is 6.95. The van der Waals surface area contributed by atoms with Crippen LogP contribution in [0.4, 0.5) is 0 Å². The summed E-state index contributed by atoms with van der Waals surface area (Å²) in [5, 5.41) is 8.28. The maximum atomic E-state index is 5.62. The van der Waals surface area contributed by atoms with Gasteiger partial charge in [0.15, 0.2) is 0 Å². The van der Waals surface area contributed by atoms with Gasteiger partial charge in [-0.1, -0.05) is 11.3 Å². The van der Waals surface area contributed by atoms with Crippen LogP contribution in [-0.2, 0) is 20.8 Å². The van der Waals surface area contributed by atoms with Crippen LogP contribution >= 0.6 is 22.9 Å². The van der Waals surface area contributed by atoms with E-state index in [1.165, 1.54) is 11.3 Å². The second-order valence-corrected chi connectivity index (χ2v) is 4.60. The molecule has 0 spiro atoms. The van der Waals surface area contributed by atoms with Crippen molar-refractivity contribution >= 4 is 22.9 Å². The Morgan fingerprint density at radius 1 is 1.12 bits per heavy atom. The lowest BCUT2D eigenvalue weighted by atomic mass is 10.5. The van der Waals surface area contributed by atoms with Crippen molar-refractivity contribution in [3.63, 3.8) is 0 Å². The van der Waals surface area contributed by atoms with Gasteiger partial charge < -0.3 is 14.2 Å². The highest BCUT2D eigenvalue weighted by atomic mass is 35.5. The maximum absolute atomic E-state index is 5.62. The minimum atomic E-state index is 0.436. The molecule has 0 atom stereocenters. The van der Waals surface area contributed by atoms with Crippen LogP contribution in [0.25, 0.3) is 0 Å². The molecule has 0 N–H and O–H groups in total. The van der Waals surface area contributed by atoms with Crippen LogP contribution in [0.15, 0.2) is 0 Å². The van der Waals surface area contributed by atoms with Crippen LogP contribution in [0.2, 0.25) is 4.47 Å². The molecule has 0 saturated heterocycles. The molecule has 16 heavy (non-hydrogen) atoms. The van der Waals surface area contributed by atoms with Crippen molar-refractivity contribution in [1.82, 2.24) is 10.2 Å². The average Bonchev–Trinajstić information content (AvgIpc) is 2.68. The molecule has 0 aliphatic rings. The zero-order valence-corrected chi connectivity index (χ0v) is 10.7. The fourth-order valence-electron chi connectivity index (χ4n) is 0.976. The number of methoxy groups -OCH3 is 1. The minimum absolute atomic E-state index is 0.436. The van der Waals surface area contributed by atoms with Crippen molar-refractivity contribution < 1.29 is 14.2 Å². The molecular weight excluding hydrogens is 252 g/mol. The second kappa shape index (κ2) is 8.83. The van der Waals surface area contributed by atoms with E-state index >= 15 is 0 Å². The Kier molecular flexibility index (Phi) is 7.62. The normalized spacial score (nSPS) is 10.9. The highest BCUT2D eigenvalue weighted by molar-refractivity contribution is 7.15. The number of nitrogens with zero attached hydrogens (tertiary/aromatic N) is 2. The van der Waals surface area contributed by atoms with Gasteiger partial charge in [0.05, 0.1) is 13.2 Å². The van der Waals surface area contributed by atoms with E-state index in [-0.39, 0.29) is 0 Å². The minimum Gasteiger partial charge on any atom is -0.385 e. The number of rotatable bonds is 9. The van der Waals surface area contributed by atoms with Crippen LogP contribution in [0, 0.1) is 0 Å². The Balaban J connectivity index is 1.88. The summed E-state index contributed by atoms with van der Waals surface area (Å²) < 4.78 is 16.0. The summed E-state index contributed by atoms with van der Waals surface area (Å²) in [5.74, 6) is 0. The van der Waals surface area contributed by atoms with Gasteiger partial charge in [-0.2, -0.15) is 0 Å². The molecule has 0 radical (unpaired) electrons. The molecule has 1 rings (SSSR count). The Morgan fingerprint density at radius 2 is 1.94 bits per heavy atom. The molecular formula is C9H15ClN2O3S. The molecule has 1 aromatic rings. The molecule has 0 aromatic carbocycles. The first-order chi connectivity index (χ1) is 7.83. The van der Waals surface area contributed by atoms with Crippen LogP contribution in [-0.4, -0.2) is 43.7 Å². The Labute approximate surface area is 104 Å². The summed E-state index contributed by atoms with van der Waals surface area (Å²) in [7, 11) is 1.68. The highest BCUT2D eigenvalue weighted by Gasteiger charge is 2.00. The van der Waals surface area contributed by atoms with Gasteiger partial charge in [0, 0.05) is 20.3 Å². The fraction of sp³-hybridized carbons (Fsp3) is 0.778. The first-order valence-electron chi connectivity index (χ1n) is 4.95. The van der Waals surface area contributed by atoms with E-state index < -0.39 is 0 Å². The van der Waals surface area contributed by atoms with Gasteiger partial charge in [-0.3, -0.25) is 0 Å². The third kappa shape index (κ3) is 6.34. The Morgan fingerprint density at radius 3 is 2.62 bits per heavy atom. The molecule has 0 bridgehead atoms. The van der Waals surface area contributed by atoms with E-state index in [1.807, 2.05) is 0 Å². The SMILES string of the molecule is COCCCOCCOCc1nnc(Cl)s1. The number of hydrogen-bond donors (Lipinski definition) is 0. The number of aromatic nitrogens is 2. The van der Waals surface area contributed by atoms with Crippen LogP contribution in [0.5, 0.6) is 0 Å². The second-order valence-electron chi connectivity index (χ2n) is 2.96. The monoisotopic (exact) mass is 266 g/mol. The lowest BCUT2D eigenvalue weighted by molar-refractivity contribution is 0.0335. The highest BCUT2D eigenvalue weighted by Crippen LogP contribution is 2.15. The zero-order chi connectivity index (χ0) is 11.6. The maximum Gasteiger partial charge on any atom is 0.207 e. The van der Waals surface area contributed by atoms with Gasteiger partial charge in [0.2, 0.25) is 4.47 Å². The standard InChI is InChI=1S/C9H15ClN2O3S/c1-13-3-2-4-14-5-6-15-7-8-11-12-9(10)16-8/h2-7H2,1H3. The molecule has 92 valence electrons. The van der Waals surface area contributed by atoms with Gasteiger partial charge in [-0.15, -0.1) is 10.2 Å². The van der Waals surface area contributed by atoms with E-state index in [4.69, 9.17) is 25.8 Å². The topological polar surface area (TPSA) is 53.5 Å². The molecule has 1 aromatic heterocycles. The quantitative estimate of drug-likeness (QED) is 0.638. The molecule has 0 aliphatic carbocycles. The van der Waals surface area contributed by atoms with Gasteiger partial charge in [-0.25, -0.2) is 0 Å². The largest absolute Gasteiger partial charge is 0.385 e. The summed E-state index contributed by atoms with van der Waals surface area (Å²) in [6, 6.07) is 0. The summed E-state index contributed by atoms with van der Waals surface area (Å²) in [6.45, 7) is 2.98. The van der Waals surface area contributed by atoms with Gasteiger partial charge in [0.25, 0.3) is 0 Å². The average molecular weight is 267 g/mol. The van der Waals surface area contributed by atoms with Gasteiger partial charge in [0.1, 0.15) is 11.6 Å². The predicted octanol–water partition coefficient (Wildman–Crippen LogP) is 1.76. The van der Waals surface area contributed by atoms with Crippen molar-refractivity contribution in [2.24, 2.45) is 0 Å². The zero-order valence-electron chi connectivity index (χ0n) is 9.15. The lowest BCUT2D eigenvalue weighted by Gasteiger charge is -2.03. The first kappa shape index (κ1) is 13.8. The predicted molar refractivity (Wildman–Crippen MR) is 61.9 cm³/mol. The third-order valence-electron chi connectivity index (χ3n) is 1.68. The number of hydrogen-bond acceptors (Lipinski definition) is 6. The van der Waals surface area contributed by atoms with E-state index in [9.17, 15) is 0 Å². The molecule has 0 unspecified atom stereocenters. The fourth-order valence-corrected chi connectivity index (χ4v) is 1.78. The van der Waals surface area contributed by atoms with E-state index in [0.717, 1.165) is 18.0 Å². The molecule has 0 aliphatic heterocycles. The van der Waals surface area contributed by atoms with Crippen molar-refractivity contribution in [1.29, 1.82) is 0 Å². The molecule has 0 fully saturated rings.